The van der Waals surface area contributed by atoms with Crippen LogP contribution in [-0.4, -0.2) is 56.8 Å². The number of nitrogens with one attached hydrogen (secondary N) is 1. The number of nitrogens with zero attached hydrogens (tertiary/aromatic N) is 6. The summed E-state index contributed by atoms with van der Waals surface area (Å²) < 4.78 is 33.2. The summed E-state index contributed by atoms with van der Waals surface area (Å²) in [6.07, 6.45) is 1.64. The number of aryl methyl sites for hydroxylation is 1. The van der Waals surface area contributed by atoms with E-state index in [-0.39, 0.29) is 5.56 Å². The Kier molecular flexibility index (Phi) is 5.84. The number of fused-ring (bicyclic) bond motifs is 1. The predicted octanol–water partition coefficient (Wildman–Crippen LogP) is 3.52. The Bertz CT molecular complexity index is 1350. The lowest BCUT2D eigenvalue weighted by molar-refractivity contribution is 0.102. The van der Waals surface area contributed by atoms with Crippen molar-refractivity contribution in [3.05, 3.63) is 65.9 Å². The second-order valence-electron chi connectivity index (χ2n) is 7.78. The van der Waals surface area contributed by atoms with Gasteiger partial charge in [0.2, 0.25) is 0 Å². The average molecular weight is 465 g/mol. The minimum absolute atomic E-state index is 0.0841. The van der Waals surface area contributed by atoms with Crippen LogP contribution in [0.15, 0.2) is 48.9 Å². The van der Waals surface area contributed by atoms with Crippen LogP contribution in [0.25, 0.3) is 16.9 Å². The molecule has 9 nitrogen and oxygen atoms in total. The molecule has 1 fully saturated rings. The Balaban J connectivity index is 1.48. The zero-order valence-corrected chi connectivity index (χ0v) is 18.3. The van der Waals surface area contributed by atoms with Crippen molar-refractivity contribution in [1.82, 2.24) is 24.6 Å². The third-order valence-electron chi connectivity index (χ3n) is 5.56. The first kappa shape index (κ1) is 21.8. The lowest BCUT2D eigenvalue weighted by atomic mass is 10.1. The maximum absolute atomic E-state index is 12.9. The highest BCUT2D eigenvalue weighted by molar-refractivity contribution is 6.04. The van der Waals surface area contributed by atoms with Crippen molar-refractivity contribution in [1.29, 1.82) is 0 Å². The van der Waals surface area contributed by atoms with Crippen molar-refractivity contribution in [2.45, 2.75) is 13.3 Å². The predicted molar refractivity (Wildman–Crippen MR) is 121 cm³/mol. The van der Waals surface area contributed by atoms with Gasteiger partial charge in [-0.3, -0.25) is 14.8 Å². The topological polar surface area (TPSA) is 97.5 Å². The van der Waals surface area contributed by atoms with Crippen molar-refractivity contribution in [2.24, 2.45) is 0 Å². The highest BCUT2D eigenvalue weighted by atomic mass is 19.3. The molecule has 34 heavy (non-hydrogen) atoms. The number of carbonyl (C=O) groups is 1. The van der Waals surface area contributed by atoms with Crippen LogP contribution < -0.4 is 10.2 Å². The van der Waals surface area contributed by atoms with Gasteiger partial charge in [-0.1, -0.05) is 0 Å². The van der Waals surface area contributed by atoms with Crippen LogP contribution in [0.3, 0.4) is 0 Å². The Morgan fingerprint density at radius 1 is 1.12 bits per heavy atom. The van der Waals surface area contributed by atoms with Crippen LogP contribution in [0.2, 0.25) is 0 Å². The molecule has 0 spiro atoms. The number of halogens is 2. The normalized spacial score (nSPS) is 14.1. The summed E-state index contributed by atoms with van der Waals surface area (Å²) in [5, 5.41) is 7.13. The van der Waals surface area contributed by atoms with Gasteiger partial charge < -0.3 is 15.0 Å². The van der Waals surface area contributed by atoms with Gasteiger partial charge in [0.1, 0.15) is 11.5 Å². The molecule has 0 radical (unpaired) electrons. The molecule has 11 heteroatoms. The molecule has 1 aliphatic rings. The number of alkyl halides is 2. The van der Waals surface area contributed by atoms with Gasteiger partial charge in [-0.25, -0.2) is 13.8 Å². The molecule has 5 heterocycles. The fourth-order valence-corrected chi connectivity index (χ4v) is 3.83. The van der Waals surface area contributed by atoms with Gasteiger partial charge in [-0.05, 0) is 25.1 Å². The average Bonchev–Trinajstić information content (AvgIpc) is 3.34. The van der Waals surface area contributed by atoms with Crippen LogP contribution in [-0.2, 0) is 4.74 Å². The molecule has 4 aromatic heterocycles. The second kappa shape index (κ2) is 9.10. The van der Waals surface area contributed by atoms with Gasteiger partial charge in [0, 0.05) is 48.2 Å². The monoisotopic (exact) mass is 465 g/mol. The van der Waals surface area contributed by atoms with Crippen molar-refractivity contribution in [2.75, 3.05) is 36.5 Å². The number of carbonyl (C=O) groups excluding carboxylic acids is 1. The summed E-state index contributed by atoms with van der Waals surface area (Å²) >= 11 is 0. The quantitative estimate of drug-likeness (QED) is 0.482. The largest absolute Gasteiger partial charge is 0.378 e. The molecule has 0 saturated carbocycles. The number of amides is 1. The highest BCUT2D eigenvalue weighted by Crippen LogP contribution is 2.28. The molecular formula is C23H21F2N7O2. The lowest BCUT2D eigenvalue weighted by Crippen LogP contribution is -2.37. The smallest absolute Gasteiger partial charge is 0.280 e. The molecular weight excluding hydrogens is 444 g/mol. The van der Waals surface area contributed by atoms with Crippen molar-refractivity contribution >= 4 is 23.1 Å². The number of pyridine rings is 2. The standard InChI is InChI=1S/C23H21F2N7O2/c1-14-17(11-16(13-27-14)29-23(33)15-2-4-26-19(10-15)22(24)25)18-12-21(31-6-8-34-9-7-31)32-20(30-18)3-5-28-32/h2-5,10-13,22H,6-9H2,1H3,(H,29,33). The molecule has 0 unspecified atom stereocenters. The SMILES string of the molecule is Cc1ncc(NC(=O)c2ccnc(C(F)F)c2)cc1-c1cc(N2CCOCC2)n2nccc2n1. The number of anilines is 2. The Morgan fingerprint density at radius 2 is 1.94 bits per heavy atom. The second-order valence-corrected chi connectivity index (χ2v) is 7.78. The molecule has 174 valence electrons. The molecule has 0 aromatic carbocycles. The first-order valence-electron chi connectivity index (χ1n) is 10.7. The number of hydrogen-bond acceptors (Lipinski definition) is 7. The number of ether oxygens (including phenoxy) is 1. The van der Waals surface area contributed by atoms with Gasteiger partial charge in [0.15, 0.2) is 5.65 Å². The van der Waals surface area contributed by atoms with E-state index in [0.717, 1.165) is 36.2 Å². The van der Waals surface area contributed by atoms with E-state index in [1.54, 1.807) is 16.8 Å². The van der Waals surface area contributed by atoms with E-state index in [1.807, 2.05) is 19.1 Å². The molecule has 0 aliphatic carbocycles. The summed E-state index contributed by atoms with van der Waals surface area (Å²) in [5.74, 6) is 0.354. The first-order valence-corrected chi connectivity index (χ1v) is 10.7. The lowest BCUT2D eigenvalue weighted by Gasteiger charge is -2.29. The maximum atomic E-state index is 12.9. The van der Waals surface area contributed by atoms with Crippen molar-refractivity contribution in [3.8, 4) is 11.3 Å². The van der Waals surface area contributed by atoms with Gasteiger partial charge in [0.05, 0.1) is 37.0 Å². The zero-order valence-electron chi connectivity index (χ0n) is 18.3. The minimum atomic E-state index is -2.76. The Labute approximate surface area is 193 Å². The molecule has 1 N–H and O–H groups in total. The summed E-state index contributed by atoms with van der Waals surface area (Å²) in [4.78, 5) is 27.6. The van der Waals surface area contributed by atoms with E-state index in [0.29, 0.717) is 30.2 Å². The van der Waals surface area contributed by atoms with E-state index in [2.05, 4.69) is 25.3 Å². The van der Waals surface area contributed by atoms with Gasteiger partial charge >= 0.3 is 0 Å². The van der Waals surface area contributed by atoms with Crippen LogP contribution >= 0.6 is 0 Å². The third-order valence-corrected chi connectivity index (χ3v) is 5.56. The van der Waals surface area contributed by atoms with Crippen molar-refractivity contribution < 1.29 is 18.3 Å². The van der Waals surface area contributed by atoms with E-state index < -0.39 is 18.0 Å². The van der Waals surface area contributed by atoms with Crippen LogP contribution in [0.5, 0.6) is 0 Å². The van der Waals surface area contributed by atoms with E-state index >= 15 is 0 Å². The summed E-state index contributed by atoms with van der Waals surface area (Å²) in [5.41, 5.74) is 2.88. The molecule has 1 amide bonds. The van der Waals surface area contributed by atoms with Crippen molar-refractivity contribution in [3.63, 3.8) is 0 Å². The van der Waals surface area contributed by atoms with Gasteiger partial charge in [-0.2, -0.15) is 9.61 Å². The van der Waals surface area contributed by atoms with Crippen LogP contribution in [0, 0.1) is 6.92 Å². The van der Waals surface area contributed by atoms with E-state index in [9.17, 15) is 13.6 Å². The number of morpholine rings is 1. The summed E-state index contributed by atoms with van der Waals surface area (Å²) in [7, 11) is 0. The number of rotatable bonds is 5. The van der Waals surface area contributed by atoms with E-state index in [1.165, 1.54) is 18.5 Å². The fourth-order valence-electron chi connectivity index (χ4n) is 3.83. The molecule has 5 rings (SSSR count). The molecule has 1 aliphatic heterocycles. The molecule has 0 atom stereocenters. The summed E-state index contributed by atoms with van der Waals surface area (Å²) in [6, 6.07) is 8.00. The summed E-state index contributed by atoms with van der Waals surface area (Å²) in [6.45, 7) is 4.58. The Hall–Kier alpha value is -3.99. The number of hydrogen-bond donors (Lipinski definition) is 1. The van der Waals surface area contributed by atoms with Gasteiger partial charge in [-0.15, -0.1) is 0 Å². The maximum Gasteiger partial charge on any atom is 0.280 e. The molecule has 1 saturated heterocycles. The first-order chi connectivity index (χ1) is 16.5. The Morgan fingerprint density at radius 3 is 2.74 bits per heavy atom. The van der Waals surface area contributed by atoms with Crippen LogP contribution in [0.4, 0.5) is 20.3 Å². The third kappa shape index (κ3) is 4.29. The zero-order chi connectivity index (χ0) is 23.7. The number of aromatic nitrogens is 5. The highest BCUT2D eigenvalue weighted by Gasteiger charge is 2.19. The van der Waals surface area contributed by atoms with Crippen LogP contribution in [0.1, 0.15) is 28.2 Å². The minimum Gasteiger partial charge on any atom is -0.378 e. The van der Waals surface area contributed by atoms with E-state index in [4.69, 9.17) is 9.72 Å². The fraction of sp³-hybridized carbons (Fsp3) is 0.261. The molecule has 0 bridgehead atoms. The molecule has 4 aromatic rings. The van der Waals surface area contributed by atoms with Gasteiger partial charge in [0.25, 0.3) is 12.3 Å².